The minimum Gasteiger partial charge on any atom is -0.460 e. The van der Waals surface area contributed by atoms with Gasteiger partial charge in [-0.3, -0.25) is 0 Å². The summed E-state index contributed by atoms with van der Waals surface area (Å²) in [5.41, 5.74) is 6.76. The Balaban J connectivity index is 1.97. The molecule has 0 saturated carbocycles. The van der Waals surface area contributed by atoms with Gasteiger partial charge in [-0.15, -0.1) is 0 Å². The van der Waals surface area contributed by atoms with Crippen molar-refractivity contribution >= 4 is 22.4 Å². The highest BCUT2D eigenvalue weighted by Crippen LogP contribution is 2.22. The molecule has 21 heavy (non-hydrogen) atoms. The fourth-order valence-electron chi connectivity index (χ4n) is 2.02. The minimum absolute atomic E-state index is 0.234. The van der Waals surface area contributed by atoms with E-state index in [1.807, 2.05) is 24.3 Å². The zero-order valence-electron chi connectivity index (χ0n) is 12.5. The van der Waals surface area contributed by atoms with Crippen molar-refractivity contribution in [2.75, 3.05) is 25.6 Å². The molecular formula is C17H21NO3. The van der Waals surface area contributed by atoms with Crippen LogP contribution in [0.3, 0.4) is 0 Å². The molecular weight excluding hydrogens is 266 g/mol. The van der Waals surface area contributed by atoms with Crippen LogP contribution in [0.4, 0.5) is 5.69 Å². The lowest BCUT2D eigenvalue weighted by Gasteiger charge is -2.10. The van der Waals surface area contributed by atoms with Gasteiger partial charge in [0, 0.05) is 12.3 Å². The van der Waals surface area contributed by atoms with Gasteiger partial charge < -0.3 is 15.2 Å². The monoisotopic (exact) mass is 287 g/mol. The van der Waals surface area contributed by atoms with E-state index >= 15 is 0 Å². The van der Waals surface area contributed by atoms with Crippen molar-refractivity contribution in [1.29, 1.82) is 0 Å². The number of rotatable bonds is 6. The van der Waals surface area contributed by atoms with Crippen molar-refractivity contribution in [3.63, 3.8) is 0 Å². The normalized spacial score (nSPS) is 11.0. The smallest absolute Gasteiger partial charge is 0.340 e. The molecule has 4 nitrogen and oxygen atoms in total. The third-order valence-electron chi connectivity index (χ3n) is 3.05. The van der Waals surface area contributed by atoms with Crippen LogP contribution < -0.4 is 5.73 Å². The van der Waals surface area contributed by atoms with Crippen molar-refractivity contribution in [2.24, 2.45) is 5.92 Å². The van der Waals surface area contributed by atoms with E-state index in [1.54, 1.807) is 12.1 Å². The van der Waals surface area contributed by atoms with Crippen LogP contribution in [-0.4, -0.2) is 25.8 Å². The van der Waals surface area contributed by atoms with Gasteiger partial charge in [0.2, 0.25) is 0 Å². The first-order chi connectivity index (χ1) is 10.1. The molecule has 0 aromatic heterocycles. The molecule has 0 aliphatic heterocycles. The van der Waals surface area contributed by atoms with E-state index in [1.165, 1.54) is 0 Å². The second-order valence-electron chi connectivity index (χ2n) is 5.39. The summed E-state index contributed by atoms with van der Waals surface area (Å²) in [5, 5.41) is 1.97. The number of nitrogen functional groups attached to an aromatic ring is 1. The number of anilines is 1. The van der Waals surface area contributed by atoms with E-state index in [-0.39, 0.29) is 6.61 Å². The molecule has 4 heteroatoms. The van der Waals surface area contributed by atoms with Crippen LogP contribution in [0.5, 0.6) is 0 Å². The zero-order chi connectivity index (χ0) is 15.2. The van der Waals surface area contributed by atoms with Crippen LogP contribution in [0.15, 0.2) is 36.4 Å². The SMILES string of the molecule is CC(C)COCCOC(=O)c1cc2ccccc2cc1N. The van der Waals surface area contributed by atoms with E-state index in [0.717, 1.165) is 10.8 Å². The molecule has 0 saturated heterocycles. The van der Waals surface area contributed by atoms with Crippen LogP contribution in [0.1, 0.15) is 24.2 Å². The molecule has 2 N–H and O–H groups in total. The predicted molar refractivity (Wildman–Crippen MR) is 84.3 cm³/mol. The van der Waals surface area contributed by atoms with Gasteiger partial charge in [-0.05, 0) is 28.8 Å². The molecule has 0 radical (unpaired) electrons. The summed E-state index contributed by atoms with van der Waals surface area (Å²) in [6, 6.07) is 11.3. The number of carbonyl (C=O) groups excluding carboxylic acids is 1. The number of esters is 1. The third kappa shape index (κ3) is 4.20. The first-order valence-corrected chi connectivity index (χ1v) is 7.11. The van der Waals surface area contributed by atoms with Gasteiger partial charge in [-0.25, -0.2) is 4.79 Å². The number of hydrogen-bond acceptors (Lipinski definition) is 4. The van der Waals surface area contributed by atoms with Crippen LogP contribution in [0.25, 0.3) is 10.8 Å². The number of nitrogens with two attached hydrogens (primary N) is 1. The summed E-state index contributed by atoms with van der Waals surface area (Å²) in [5.74, 6) is 0.0585. The number of benzene rings is 2. The maximum absolute atomic E-state index is 12.0. The second kappa shape index (κ2) is 7.09. The highest BCUT2D eigenvalue weighted by Gasteiger charge is 2.12. The van der Waals surface area contributed by atoms with Crippen molar-refractivity contribution in [3.05, 3.63) is 42.0 Å². The standard InChI is InChI=1S/C17H21NO3/c1-12(2)11-20-7-8-21-17(19)15-9-13-5-3-4-6-14(13)10-16(15)18/h3-6,9-10,12H,7-8,11,18H2,1-2H3. The average Bonchev–Trinajstić information content (AvgIpc) is 2.45. The van der Waals surface area contributed by atoms with Crippen molar-refractivity contribution in [2.45, 2.75) is 13.8 Å². The van der Waals surface area contributed by atoms with Gasteiger partial charge in [-0.2, -0.15) is 0 Å². The summed E-state index contributed by atoms with van der Waals surface area (Å²) < 4.78 is 10.6. The Morgan fingerprint density at radius 1 is 1.14 bits per heavy atom. The van der Waals surface area contributed by atoms with Gasteiger partial charge in [0.15, 0.2) is 0 Å². The van der Waals surface area contributed by atoms with Gasteiger partial charge in [-0.1, -0.05) is 38.1 Å². The van der Waals surface area contributed by atoms with E-state index < -0.39 is 5.97 Å². The predicted octanol–water partition coefficient (Wildman–Crippen LogP) is 3.25. The molecule has 2 rings (SSSR count). The van der Waals surface area contributed by atoms with Gasteiger partial charge in [0.1, 0.15) is 6.61 Å². The van der Waals surface area contributed by atoms with Crippen molar-refractivity contribution in [3.8, 4) is 0 Å². The fourth-order valence-corrected chi connectivity index (χ4v) is 2.02. The van der Waals surface area contributed by atoms with E-state index in [2.05, 4.69) is 13.8 Å². The van der Waals surface area contributed by atoms with Crippen LogP contribution in [-0.2, 0) is 9.47 Å². The highest BCUT2D eigenvalue weighted by molar-refractivity contribution is 6.01. The van der Waals surface area contributed by atoms with E-state index in [0.29, 0.717) is 30.4 Å². The molecule has 0 spiro atoms. The number of ether oxygens (including phenoxy) is 2. The lowest BCUT2D eigenvalue weighted by molar-refractivity contribution is 0.0279. The quantitative estimate of drug-likeness (QED) is 0.503. The Bertz CT molecular complexity index is 622. The summed E-state index contributed by atoms with van der Waals surface area (Å²) in [6.45, 7) is 5.44. The van der Waals surface area contributed by atoms with Gasteiger partial charge in [0.05, 0.1) is 12.2 Å². The van der Waals surface area contributed by atoms with Crippen molar-refractivity contribution in [1.82, 2.24) is 0 Å². The molecule has 0 aliphatic carbocycles. The maximum Gasteiger partial charge on any atom is 0.340 e. The molecule has 112 valence electrons. The molecule has 0 heterocycles. The Morgan fingerprint density at radius 3 is 2.48 bits per heavy atom. The average molecular weight is 287 g/mol. The fraction of sp³-hybridized carbons (Fsp3) is 0.353. The van der Waals surface area contributed by atoms with Crippen molar-refractivity contribution < 1.29 is 14.3 Å². The van der Waals surface area contributed by atoms with E-state index in [4.69, 9.17) is 15.2 Å². The summed E-state index contributed by atoms with van der Waals surface area (Å²) in [6.07, 6.45) is 0. The van der Waals surface area contributed by atoms with Crippen LogP contribution in [0.2, 0.25) is 0 Å². The van der Waals surface area contributed by atoms with Crippen LogP contribution in [0, 0.1) is 5.92 Å². The Hall–Kier alpha value is -2.07. The molecule has 2 aromatic carbocycles. The number of hydrogen-bond donors (Lipinski definition) is 1. The lowest BCUT2D eigenvalue weighted by atomic mass is 10.1. The molecule has 0 atom stereocenters. The number of fused-ring (bicyclic) bond motifs is 1. The lowest BCUT2D eigenvalue weighted by Crippen LogP contribution is -2.14. The third-order valence-corrected chi connectivity index (χ3v) is 3.05. The molecule has 0 fully saturated rings. The van der Waals surface area contributed by atoms with Crippen LogP contribution >= 0.6 is 0 Å². The van der Waals surface area contributed by atoms with Gasteiger partial charge >= 0.3 is 5.97 Å². The summed E-state index contributed by atoms with van der Waals surface area (Å²) in [7, 11) is 0. The summed E-state index contributed by atoms with van der Waals surface area (Å²) >= 11 is 0. The zero-order valence-corrected chi connectivity index (χ0v) is 12.5. The largest absolute Gasteiger partial charge is 0.460 e. The Labute approximate surface area is 124 Å². The Kier molecular flexibility index (Phi) is 5.17. The van der Waals surface area contributed by atoms with E-state index in [9.17, 15) is 4.79 Å². The first kappa shape index (κ1) is 15.3. The Morgan fingerprint density at radius 2 is 1.81 bits per heavy atom. The molecule has 0 amide bonds. The number of carbonyl (C=O) groups is 1. The molecule has 0 unspecified atom stereocenters. The molecule has 2 aromatic rings. The van der Waals surface area contributed by atoms with Gasteiger partial charge in [0.25, 0.3) is 0 Å². The topological polar surface area (TPSA) is 61.5 Å². The second-order valence-corrected chi connectivity index (χ2v) is 5.39. The minimum atomic E-state index is -0.411. The molecule has 0 bridgehead atoms. The highest BCUT2D eigenvalue weighted by atomic mass is 16.6. The molecule has 0 aliphatic rings. The summed E-state index contributed by atoms with van der Waals surface area (Å²) in [4.78, 5) is 12.0. The first-order valence-electron chi connectivity index (χ1n) is 7.11. The maximum atomic E-state index is 12.0.